The van der Waals surface area contributed by atoms with Gasteiger partial charge in [0.15, 0.2) is 5.69 Å². The summed E-state index contributed by atoms with van der Waals surface area (Å²) in [5.74, 6) is -0.515. The Morgan fingerprint density at radius 1 is 1.33 bits per heavy atom. The second-order valence-corrected chi connectivity index (χ2v) is 5.32. The highest BCUT2D eigenvalue weighted by Gasteiger charge is 2.21. The fourth-order valence-corrected chi connectivity index (χ4v) is 2.68. The molecule has 0 spiro atoms. The molecule has 0 unspecified atom stereocenters. The Morgan fingerprint density at radius 2 is 2.14 bits per heavy atom. The highest BCUT2D eigenvalue weighted by Crippen LogP contribution is 2.20. The summed E-state index contributed by atoms with van der Waals surface area (Å²) >= 11 is 6.14. The van der Waals surface area contributed by atoms with Gasteiger partial charge in [-0.1, -0.05) is 29.8 Å². The third kappa shape index (κ3) is 2.89. The maximum Gasteiger partial charge on any atom is 0.354 e. The van der Waals surface area contributed by atoms with Crippen LogP contribution in [0, 0.1) is 0 Å². The van der Waals surface area contributed by atoms with Crippen molar-refractivity contribution in [3.8, 4) is 0 Å². The molecule has 0 aliphatic carbocycles. The van der Waals surface area contributed by atoms with E-state index < -0.39 is 5.97 Å². The first-order valence-corrected chi connectivity index (χ1v) is 7.09. The van der Waals surface area contributed by atoms with Crippen molar-refractivity contribution in [1.82, 2.24) is 15.3 Å². The molecule has 21 heavy (non-hydrogen) atoms. The number of hydrogen-bond donors (Lipinski definition) is 2. The average Bonchev–Trinajstić information content (AvgIpc) is 2.48. The highest BCUT2D eigenvalue weighted by molar-refractivity contribution is 6.31. The summed E-state index contributed by atoms with van der Waals surface area (Å²) in [5.41, 5.74) is 2.52. The molecule has 0 fully saturated rings. The van der Waals surface area contributed by atoms with Gasteiger partial charge in [0.25, 0.3) is 0 Å². The monoisotopic (exact) mass is 303 g/mol. The second kappa shape index (κ2) is 5.79. The minimum absolute atomic E-state index is 0.114. The van der Waals surface area contributed by atoms with Crippen molar-refractivity contribution in [2.24, 2.45) is 0 Å². The highest BCUT2D eigenvalue weighted by atomic mass is 35.5. The number of carboxylic acids is 1. The lowest BCUT2D eigenvalue weighted by Crippen LogP contribution is -2.28. The topological polar surface area (TPSA) is 75.1 Å². The molecule has 2 N–H and O–H groups in total. The number of carbonyl (C=O) groups is 1. The molecule has 1 aliphatic heterocycles. The maximum atomic E-state index is 11.4. The summed E-state index contributed by atoms with van der Waals surface area (Å²) in [6.45, 7) is 1.33. The lowest BCUT2D eigenvalue weighted by atomic mass is 10.0. The number of rotatable bonds is 3. The Kier molecular flexibility index (Phi) is 3.86. The minimum Gasteiger partial charge on any atom is -0.477 e. The van der Waals surface area contributed by atoms with Crippen LogP contribution in [0.25, 0.3) is 0 Å². The van der Waals surface area contributed by atoms with Gasteiger partial charge < -0.3 is 10.4 Å². The fraction of sp³-hybridized carbons (Fsp3) is 0.267. The zero-order chi connectivity index (χ0) is 14.8. The van der Waals surface area contributed by atoms with Crippen LogP contribution in [0.3, 0.4) is 0 Å². The van der Waals surface area contributed by atoms with E-state index in [1.54, 1.807) is 6.07 Å². The van der Waals surface area contributed by atoms with Gasteiger partial charge in [-0.25, -0.2) is 14.8 Å². The van der Waals surface area contributed by atoms with Crippen LogP contribution in [-0.2, 0) is 19.4 Å². The smallest absolute Gasteiger partial charge is 0.354 e. The van der Waals surface area contributed by atoms with Gasteiger partial charge in [0.2, 0.25) is 0 Å². The number of aromatic nitrogens is 2. The summed E-state index contributed by atoms with van der Waals surface area (Å²) in [4.78, 5) is 20.1. The van der Waals surface area contributed by atoms with Gasteiger partial charge in [-0.3, -0.25) is 0 Å². The van der Waals surface area contributed by atoms with Crippen molar-refractivity contribution < 1.29 is 9.90 Å². The number of fused-ring (bicyclic) bond motifs is 1. The van der Waals surface area contributed by atoms with Crippen LogP contribution in [0.15, 0.2) is 24.3 Å². The lowest BCUT2D eigenvalue weighted by Gasteiger charge is -2.18. The summed E-state index contributed by atoms with van der Waals surface area (Å²) in [7, 11) is 0. The molecule has 108 valence electrons. The van der Waals surface area contributed by atoms with E-state index in [0.717, 1.165) is 23.4 Å². The zero-order valence-corrected chi connectivity index (χ0v) is 12.0. The first kappa shape index (κ1) is 14.0. The first-order chi connectivity index (χ1) is 10.1. The number of carboxylic acid groups (broad SMARTS) is 1. The minimum atomic E-state index is -1.00. The van der Waals surface area contributed by atoms with Gasteiger partial charge in [0.1, 0.15) is 5.82 Å². The third-order valence-corrected chi connectivity index (χ3v) is 3.86. The van der Waals surface area contributed by atoms with Gasteiger partial charge in [0, 0.05) is 23.6 Å². The van der Waals surface area contributed by atoms with Crippen LogP contribution in [-0.4, -0.2) is 27.6 Å². The van der Waals surface area contributed by atoms with Crippen LogP contribution < -0.4 is 5.32 Å². The number of nitrogens with zero attached hydrogens (tertiary/aromatic N) is 2. The standard InChI is InChI=1S/C15H14ClN3O2/c16-11-4-2-1-3-9(11)7-13-18-12-8-17-6-5-10(12)14(19-13)15(20)21/h1-4,17H,5-8H2,(H,20,21). The summed E-state index contributed by atoms with van der Waals surface area (Å²) < 4.78 is 0. The molecule has 0 amide bonds. The van der Waals surface area contributed by atoms with Gasteiger partial charge in [-0.05, 0) is 24.6 Å². The molecule has 0 saturated heterocycles. The Bertz CT molecular complexity index is 703. The van der Waals surface area contributed by atoms with E-state index in [4.69, 9.17) is 11.6 Å². The zero-order valence-electron chi connectivity index (χ0n) is 11.3. The van der Waals surface area contributed by atoms with Crippen LogP contribution in [0.2, 0.25) is 5.02 Å². The van der Waals surface area contributed by atoms with Crippen molar-refractivity contribution in [2.45, 2.75) is 19.4 Å². The number of aromatic carboxylic acids is 1. The molecule has 0 atom stereocenters. The molecule has 0 bridgehead atoms. The van der Waals surface area contributed by atoms with Crippen molar-refractivity contribution in [1.29, 1.82) is 0 Å². The normalized spacial score (nSPS) is 13.8. The van der Waals surface area contributed by atoms with E-state index >= 15 is 0 Å². The largest absolute Gasteiger partial charge is 0.477 e. The van der Waals surface area contributed by atoms with E-state index in [-0.39, 0.29) is 5.69 Å². The molecule has 1 aromatic heterocycles. The molecule has 0 saturated carbocycles. The SMILES string of the molecule is O=C(O)c1nc(Cc2ccccc2Cl)nc2c1CCNC2. The number of halogens is 1. The van der Waals surface area contributed by atoms with Gasteiger partial charge in [-0.15, -0.1) is 0 Å². The Morgan fingerprint density at radius 3 is 2.90 bits per heavy atom. The molecular formula is C15H14ClN3O2. The van der Waals surface area contributed by atoms with E-state index in [0.29, 0.717) is 30.2 Å². The average molecular weight is 304 g/mol. The molecular weight excluding hydrogens is 290 g/mol. The molecule has 1 aliphatic rings. The Balaban J connectivity index is 2.01. The quantitative estimate of drug-likeness (QED) is 0.908. The predicted molar refractivity (Wildman–Crippen MR) is 78.7 cm³/mol. The van der Waals surface area contributed by atoms with E-state index in [2.05, 4.69) is 15.3 Å². The van der Waals surface area contributed by atoms with Crippen molar-refractivity contribution >= 4 is 17.6 Å². The number of benzene rings is 1. The van der Waals surface area contributed by atoms with Gasteiger partial charge in [0.05, 0.1) is 5.69 Å². The molecule has 1 aromatic carbocycles. The molecule has 2 aromatic rings. The molecule has 6 heteroatoms. The molecule has 2 heterocycles. The molecule has 3 rings (SSSR count). The van der Waals surface area contributed by atoms with Crippen molar-refractivity contribution in [3.63, 3.8) is 0 Å². The summed E-state index contributed by atoms with van der Waals surface area (Å²) in [5, 5.41) is 13.2. The third-order valence-electron chi connectivity index (χ3n) is 3.49. The Labute approximate surface area is 127 Å². The molecule has 0 radical (unpaired) electrons. The van der Waals surface area contributed by atoms with E-state index in [9.17, 15) is 9.90 Å². The molecule has 5 nitrogen and oxygen atoms in total. The summed E-state index contributed by atoms with van der Waals surface area (Å²) in [6.07, 6.45) is 1.07. The van der Waals surface area contributed by atoms with Crippen LogP contribution >= 0.6 is 11.6 Å². The van der Waals surface area contributed by atoms with Crippen LogP contribution in [0.1, 0.15) is 33.1 Å². The van der Waals surface area contributed by atoms with E-state index in [1.807, 2.05) is 18.2 Å². The first-order valence-electron chi connectivity index (χ1n) is 6.71. The van der Waals surface area contributed by atoms with Crippen molar-refractivity contribution in [3.05, 3.63) is 57.6 Å². The van der Waals surface area contributed by atoms with Crippen LogP contribution in [0.5, 0.6) is 0 Å². The van der Waals surface area contributed by atoms with E-state index in [1.165, 1.54) is 0 Å². The van der Waals surface area contributed by atoms with Crippen molar-refractivity contribution in [2.75, 3.05) is 6.54 Å². The van der Waals surface area contributed by atoms with Gasteiger partial charge >= 0.3 is 5.97 Å². The predicted octanol–water partition coefficient (Wildman–Crippen LogP) is 2.06. The Hall–Kier alpha value is -1.98. The summed E-state index contributed by atoms with van der Waals surface area (Å²) in [6, 6.07) is 7.43. The lowest BCUT2D eigenvalue weighted by molar-refractivity contribution is 0.0688. The van der Waals surface area contributed by atoms with Crippen LogP contribution in [0.4, 0.5) is 0 Å². The van der Waals surface area contributed by atoms with Gasteiger partial charge in [-0.2, -0.15) is 0 Å². The second-order valence-electron chi connectivity index (χ2n) is 4.91. The fourth-order valence-electron chi connectivity index (χ4n) is 2.48. The number of nitrogens with one attached hydrogen (secondary N) is 1. The number of hydrogen-bond acceptors (Lipinski definition) is 4. The maximum absolute atomic E-state index is 11.4.